The number of rotatable bonds is 3. The average Bonchev–Trinajstić information content (AvgIpc) is 2.49. The van der Waals surface area contributed by atoms with Gasteiger partial charge in [-0.05, 0) is 17.7 Å². The van der Waals surface area contributed by atoms with Gasteiger partial charge in [0.15, 0.2) is 5.69 Å². The van der Waals surface area contributed by atoms with Crippen LogP contribution in [0, 0.1) is 5.82 Å². The van der Waals surface area contributed by atoms with E-state index in [2.05, 4.69) is 9.72 Å². The number of halogens is 4. The molecule has 0 saturated heterocycles. The van der Waals surface area contributed by atoms with Crippen LogP contribution in [0.25, 0.3) is 0 Å². The van der Waals surface area contributed by atoms with Crippen molar-refractivity contribution in [1.29, 1.82) is 0 Å². The summed E-state index contributed by atoms with van der Waals surface area (Å²) in [5.41, 5.74) is -3.22. The Hall–Kier alpha value is -2.71. The predicted octanol–water partition coefficient (Wildman–Crippen LogP) is 2.24. The van der Waals surface area contributed by atoms with Crippen LogP contribution < -0.4 is 5.69 Å². The summed E-state index contributed by atoms with van der Waals surface area (Å²) in [4.78, 5) is 26.2. The Balaban J connectivity index is 2.51. The van der Waals surface area contributed by atoms with Crippen LogP contribution in [0.15, 0.2) is 35.3 Å². The molecule has 122 valence electrons. The molecule has 9 heteroatoms. The molecule has 2 rings (SSSR count). The maximum absolute atomic E-state index is 12.9. The lowest BCUT2D eigenvalue weighted by Gasteiger charge is -2.13. The molecule has 1 aromatic heterocycles. The second kappa shape index (κ2) is 6.19. The summed E-state index contributed by atoms with van der Waals surface area (Å²) in [6.45, 7) is -0.172. The lowest BCUT2D eigenvalue weighted by atomic mass is 10.2. The first-order valence-corrected chi connectivity index (χ1v) is 6.24. The normalized spacial score (nSPS) is 11.3. The van der Waals surface area contributed by atoms with Crippen molar-refractivity contribution >= 4 is 5.97 Å². The van der Waals surface area contributed by atoms with Gasteiger partial charge in [0.1, 0.15) is 11.4 Å². The number of benzene rings is 1. The maximum atomic E-state index is 12.9. The van der Waals surface area contributed by atoms with Crippen LogP contribution in [0.3, 0.4) is 0 Å². The van der Waals surface area contributed by atoms with Crippen molar-refractivity contribution < 1.29 is 27.1 Å². The number of hydrogen-bond acceptors (Lipinski definition) is 4. The summed E-state index contributed by atoms with van der Waals surface area (Å²) in [5, 5.41) is 0. The minimum absolute atomic E-state index is 0.172. The molecule has 0 amide bonds. The van der Waals surface area contributed by atoms with Gasteiger partial charge in [0.25, 0.3) is 0 Å². The van der Waals surface area contributed by atoms with Crippen molar-refractivity contribution in [1.82, 2.24) is 9.55 Å². The van der Waals surface area contributed by atoms with Gasteiger partial charge in [0.05, 0.1) is 13.7 Å². The second-order valence-corrected chi connectivity index (χ2v) is 4.53. The summed E-state index contributed by atoms with van der Waals surface area (Å²) in [6, 6.07) is 4.99. The molecule has 0 aliphatic heterocycles. The zero-order chi connectivity index (χ0) is 17.2. The summed E-state index contributed by atoms with van der Waals surface area (Å²) >= 11 is 0. The van der Waals surface area contributed by atoms with E-state index < -0.39 is 34.9 Å². The van der Waals surface area contributed by atoms with E-state index in [-0.39, 0.29) is 6.54 Å². The molecule has 0 radical (unpaired) electrons. The molecule has 0 atom stereocenters. The highest BCUT2D eigenvalue weighted by molar-refractivity contribution is 5.90. The molecule has 0 aliphatic carbocycles. The van der Waals surface area contributed by atoms with Crippen LogP contribution in [-0.4, -0.2) is 22.6 Å². The number of nitrogens with zero attached hydrogens (tertiary/aromatic N) is 2. The Labute approximate surface area is 127 Å². The first-order chi connectivity index (χ1) is 10.7. The summed E-state index contributed by atoms with van der Waals surface area (Å²) in [7, 11) is 0.915. The zero-order valence-electron chi connectivity index (χ0n) is 11.7. The van der Waals surface area contributed by atoms with E-state index in [1.54, 1.807) is 0 Å². The summed E-state index contributed by atoms with van der Waals surface area (Å²) in [6.07, 6.45) is -4.25. The van der Waals surface area contributed by atoms with Crippen molar-refractivity contribution in [2.45, 2.75) is 12.7 Å². The molecule has 2 aromatic rings. The third kappa shape index (κ3) is 3.74. The molecule has 5 nitrogen and oxygen atoms in total. The fourth-order valence-corrected chi connectivity index (χ4v) is 1.87. The van der Waals surface area contributed by atoms with E-state index >= 15 is 0 Å². The Morgan fingerprint density at radius 3 is 2.39 bits per heavy atom. The molecule has 1 heterocycles. The minimum atomic E-state index is -4.97. The van der Waals surface area contributed by atoms with E-state index in [4.69, 9.17) is 0 Å². The number of ether oxygens (including phenoxy) is 1. The Morgan fingerprint density at radius 1 is 1.26 bits per heavy atom. The quantitative estimate of drug-likeness (QED) is 0.640. The molecule has 23 heavy (non-hydrogen) atoms. The molecule has 0 N–H and O–H groups in total. The van der Waals surface area contributed by atoms with Crippen LogP contribution in [0.4, 0.5) is 17.6 Å². The highest BCUT2D eigenvalue weighted by atomic mass is 19.4. The van der Waals surface area contributed by atoms with Crippen molar-refractivity contribution in [3.05, 3.63) is 63.6 Å². The Kier molecular flexibility index (Phi) is 4.48. The van der Waals surface area contributed by atoms with Gasteiger partial charge in [-0.2, -0.15) is 18.2 Å². The first-order valence-electron chi connectivity index (χ1n) is 6.24. The number of hydrogen-bond donors (Lipinski definition) is 0. The van der Waals surface area contributed by atoms with E-state index in [1.165, 1.54) is 12.1 Å². The van der Waals surface area contributed by atoms with E-state index in [1.807, 2.05) is 0 Å². The van der Waals surface area contributed by atoms with Gasteiger partial charge in [0.2, 0.25) is 0 Å². The molecular formula is C14H10F4N2O3. The smallest absolute Gasteiger partial charge is 0.434 e. The number of methoxy groups -OCH3 is 1. The van der Waals surface area contributed by atoms with Crippen molar-refractivity contribution in [3.8, 4) is 0 Å². The number of esters is 1. The van der Waals surface area contributed by atoms with Gasteiger partial charge in [-0.1, -0.05) is 12.1 Å². The number of carbonyl (C=O) groups excluding carboxylic acids is 1. The molecule has 0 fully saturated rings. The van der Waals surface area contributed by atoms with Crippen LogP contribution in [0.5, 0.6) is 0 Å². The van der Waals surface area contributed by atoms with Crippen LogP contribution >= 0.6 is 0 Å². The zero-order valence-corrected chi connectivity index (χ0v) is 11.7. The van der Waals surface area contributed by atoms with Gasteiger partial charge < -0.3 is 4.74 Å². The maximum Gasteiger partial charge on any atom is 0.434 e. The molecule has 0 saturated carbocycles. The molecular weight excluding hydrogens is 320 g/mol. The van der Waals surface area contributed by atoms with E-state index in [0.29, 0.717) is 5.56 Å². The molecule has 1 aromatic carbocycles. The van der Waals surface area contributed by atoms with Crippen LogP contribution in [-0.2, 0) is 17.5 Å². The number of carbonyl (C=O) groups is 1. The van der Waals surface area contributed by atoms with Gasteiger partial charge in [-0.15, -0.1) is 0 Å². The molecule has 0 aliphatic rings. The molecule has 0 spiro atoms. The molecule has 0 bridgehead atoms. The third-order valence-electron chi connectivity index (χ3n) is 2.93. The topological polar surface area (TPSA) is 61.2 Å². The highest BCUT2D eigenvalue weighted by Crippen LogP contribution is 2.29. The van der Waals surface area contributed by atoms with Gasteiger partial charge in [0, 0.05) is 6.20 Å². The average molecular weight is 330 g/mol. The summed E-state index contributed by atoms with van der Waals surface area (Å²) < 4.78 is 56.5. The standard InChI is InChI=1S/C14H10F4N2O3/c1-23-12(21)10-7-20(6-8-2-4-9(15)5-3-8)13(22)19-11(10)14(16,17)18/h2-5,7H,6H2,1H3. The van der Waals surface area contributed by atoms with Crippen molar-refractivity contribution in [3.63, 3.8) is 0 Å². The third-order valence-corrected chi connectivity index (χ3v) is 2.93. The second-order valence-electron chi connectivity index (χ2n) is 4.53. The van der Waals surface area contributed by atoms with Gasteiger partial charge in [-0.25, -0.2) is 14.0 Å². The first kappa shape index (κ1) is 16.7. The Morgan fingerprint density at radius 2 is 1.87 bits per heavy atom. The monoisotopic (exact) mass is 330 g/mol. The minimum Gasteiger partial charge on any atom is -0.465 e. The SMILES string of the molecule is COC(=O)c1cn(Cc2ccc(F)cc2)c(=O)nc1C(F)(F)F. The van der Waals surface area contributed by atoms with Crippen LogP contribution in [0.2, 0.25) is 0 Å². The lowest BCUT2D eigenvalue weighted by Crippen LogP contribution is -2.30. The number of aromatic nitrogens is 2. The van der Waals surface area contributed by atoms with Crippen molar-refractivity contribution in [2.75, 3.05) is 7.11 Å². The van der Waals surface area contributed by atoms with E-state index in [9.17, 15) is 27.2 Å². The number of alkyl halides is 3. The van der Waals surface area contributed by atoms with Gasteiger partial charge in [-0.3, -0.25) is 4.57 Å². The van der Waals surface area contributed by atoms with Crippen molar-refractivity contribution in [2.24, 2.45) is 0 Å². The fourth-order valence-electron chi connectivity index (χ4n) is 1.87. The Bertz CT molecular complexity index is 782. The predicted molar refractivity (Wildman–Crippen MR) is 70.3 cm³/mol. The summed E-state index contributed by atoms with van der Waals surface area (Å²) in [5.74, 6) is -1.76. The fraction of sp³-hybridized carbons (Fsp3) is 0.214. The van der Waals surface area contributed by atoms with E-state index in [0.717, 1.165) is 30.0 Å². The molecule has 0 unspecified atom stereocenters. The highest BCUT2D eigenvalue weighted by Gasteiger charge is 2.38. The largest absolute Gasteiger partial charge is 0.465 e. The van der Waals surface area contributed by atoms with Crippen LogP contribution in [0.1, 0.15) is 21.6 Å². The van der Waals surface area contributed by atoms with Gasteiger partial charge >= 0.3 is 17.8 Å². The lowest BCUT2D eigenvalue weighted by molar-refractivity contribution is -0.142.